The summed E-state index contributed by atoms with van der Waals surface area (Å²) in [5, 5.41) is 0. The summed E-state index contributed by atoms with van der Waals surface area (Å²) in [4.78, 5) is 12.0. The van der Waals surface area contributed by atoms with Gasteiger partial charge >= 0.3 is 0 Å². The van der Waals surface area contributed by atoms with Gasteiger partial charge in [-0.15, -0.1) is 0 Å². The Morgan fingerprint density at radius 3 is 2.29 bits per heavy atom. The maximum atomic E-state index is 4.40. The SMILES string of the molecule is C=C/C(=C\C=C/C)N=Cc1ccc(C=Nc2ccccc2)[nH]1.CC. The summed E-state index contributed by atoms with van der Waals surface area (Å²) in [7, 11) is 0. The van der Waals surface area contributed by atoms with Crippen LogP contribution in [0.4, 0.5) is 5.69 Å². The fraction of sp³-hybridized carbons (Fsp3) is 0.143. The van der Waals surface area contributed by atoms with E-state index >= 15 is 0 Å². The third-order valence-electron chi connectivity index (χ3n) is 2.86. The van der Waals surface area contributed by atoms with Crippen molar-refractivity contribution in [3.8, 4) is 0 Å². The predicted molar refractivity (Wildman–Crippen MR) is 107 cm³/mol. The molecule has 1 aromatic heterocycles. The van der Waals surface area contributed by atoms with E-state index in [1.165, 1.54) is 0 Å². The van der Waals surface area contributed by atoms with Crippen molar-refractivity contribution in [2.75, 3.05) is 0 Å². The molecule has 0 aliphatic carbocycles. The van der Waals surface area contributed by atoms with Gasteiger partial charge in [0.05, 0.1) is 35.2 Å². The molecular weight excluding hydrogens is 294 g/mol. The second-order valence-corrected chi connectivity index (χ2v) is 4.54. The lowest BCUT2D eigenvalue weighted by Gasteiger charge is -1.92. The molecule has 0 unspecified atom stereocenters. The third kappa shape index (κ3) is 6.88. The Balaban J connectivity index is 0.00000139. The molecule has 0 atom stereocenters. The lowest BCUT2D eigenvalue weighted by atomic mass is 10.3. The topological polar surface area (TPSA) is 40.5 Å². The minimum absolute atomic E-state index is 0.812. The standard InChI is InChI=1S/C19H19N3.C2H6/c1-3-5-9-16(4-2)20-14-18-12-13-19(22-18)15-21-17-10-7-6-8-11-17;1-2/h3-15,22H,2H2,1H3;1-2H3/b5-3-,16-9+,20-14?,21-15?;. The minimum atomic E-state index is 0.812. The van der Waals surface area contributed by atoms with Crippen molar-refractivity contribution in [1.82, 2.24) is 4.98 Å². The van der Waals surface area contributed by atoms with Crippen LogP contribution in [0.5, 0.6) is 0 Å². The fourth-order valence-electron chi connectivity index (χ4n) is 1.74. The zero-order chi connectivity index (χ0) is 17.6. The Kier molecular flexibility index (Phi) is 9.24. The largest absolute Gasteiger partial charge is 0.353 e. The van der Waals surface area contributed by atoms with E-state index in [2.05, 4.69) is 21.5 Å². The first kappa shape index (κ1) is 19.1. The van der Waals surface area contributed by atoms with E-state index in [0.717, 1.165) is 22.8 Å². The Hall–Kier alpha value is -2.94. The van der Waals surface area contributed by atoms with E-state index in [1.807, 2.05) is 81.5 Å². The van der Waals surface area contributed by atoms with Gasteiger partial charge in [0.1, 0.15) is 0 Å². The second kappa shape index (κ2) is 11.6. The van der Waals surface area contributed by atoms with E-state index in [9.17, 15) is 0 Å². The molecule has 1 N–H and O–H groups in total. The first-order chi connectivity index (χ1) is 11.8. The van der Waals surface area contributed by atoms with Crippen molar-refractivity contribution in [2.24, 2.45) is 9.98 Å². The zero-order valence-electron chi connectivity index (χ0n) is 14.6. The molecule has 0 bridgehead atoms. The van der Waals surface area contributed by atoms with Gasteiger partial charge in [-0.2, -0.15) is 0 Å². The van der Waals surface area contributed by atoms with Crippen LogP contribution >= 0.6 is 0 Å². The lowest BCUT2D eigenvalue weighted by molar-refractivity contribution is 1.34. The van der Waals surface area contributed by atoms with E-state index in [1.54, 1.807) is 18.5 Å². The molecule has 0 saturated heterocycles. The molecule has 3 nitrogen and oxygen atoms in total. The van der Waals surface area contributed by atoms with Crippen LogP contribution < -0.4 is 0 Å². The quantitative estimate of drug-likeness (QED) is 0.512. The summed E-state index contributed by atoms with van der Waals surface area (Å²) >= 11 is 0. The lowest BCUT2D eigenvalue weighted by Crippen LogP contribution is -1.85. The monoisotopic (exact) mass is 319 g/mol. The number of allylic oxidation sites excluding steroid dienone is 4. The van der Waals surface area contributed by atoms with Crippen LogP contribution in [-0.2, 0) is 0 Å². The summed E-state index contributed by atoms with van der Waals surface area (Å²) in [6.45, 7) is 9.71. The number of aromatic amines is 1. The van der Waals surface area contributed by atoms with E-state index in [4.69, 9.17) is 0 Å². The maximum absolute atomic E-state index is 4.40. The Labute approximate surface area is 144 Å². The fourth-order valence-corrected chi connectivity index (χ4v) is 1.74. The van der Waals surface area contributed by atoms with Gasteiger partial charge in [0.15, 0.2) is 0 Å². The summed E-state index contributed by atoms with van der Waals surface area (Å²) in [6.07, 6.45) is 11.1. The van der Waals surface area contributed by atoms with Gasteiger partial charge in [0.25, 0.3) is 0 Å². The molecule has 1 heterocycles. The third-order valence-corrected chi connectivity index (χ3v) is 2.86. The van der Waals surface area contributed by atoms with Crippen LogP contribution in [0.25, 0.3) is 0 Å². The molecule has 124 valence electrons. The van der Waals surface area contributed by atoms with E-state index in [-0.39, 0.29) is 0 Å². The first-order valence-electron chi connectivity index (χ1n) is 8.09. The number of rotatable bonds is 6. The average molecular weight is 319 g/mol. The van der Waals surface area contributed by atoms with Crippen LogP contribution in [0.2, 0.25) is 0 Å². The van der Waals surface area contributed by atoms with E-state index < -0.39 is 0 Å². The van der Waals surface area contributed by atoms with Crippen LogP contribution in [0.15, 0.2) is 89.0 Å². The molecule has 1 aromatic carbocycles. The van der Waals surface area contributed by atoms with Gasteiger partial charge in [0, 0.05) is 0 Å². The van der Waals surface area contributed by atoms with Gasteiger partial charge in [-0.1, -0.05) is 50.8 Å². The van der Waals surface area contributed by atoms with Crippen molar-refractivity contribution in [2.45, 2.75) is 20.8 Å². The molecule has 2 rings (SSSR count). The number of nitrogens with zero attached hydrogens (tertiary/aromatic N) is 2. The van der Waals surface area contributed by atoms with Crippen molar-refractivity contribution in [1.29, 1.82) is 0 Å². The number of H-pyrrole nitrogens is 1. The summed E-state index contributed by atoms with van der Waals surface area (Å²) in [6, 6.07) is 13.8. The first-order valence-corrected chi connectivity index (χ1v) is 8.09. The molecule has 3 heteroatoms. The zero-order valence-corrected chi connectivity index (χ0v) is 14.6. The number of hydrogen-bond donors (Lipinski definition) is 1. The van der Waals surface area contributed by atoms with Crippen LogP contribution in [0.3, 0.4) is 0 Å². The van der Waals surface area contributed by atoms with Crippen molar-refractivity contribution in [3.63, 3.8) is 0 Å². The van der Waals surface area contributed by atoms with Crippen LogP contribution in [0, 0.1) is 0 Å². The normalized spacial score (nSPS) is 11.9. The summed E-state index contributed by atoms with van der Waals surface area (Å²) < 4.78 is 0. The number of hydrogen-bond acceptors (Lipinski definition) is 2. The molecule has 0 fully saturated rings. The second-order valence-electron chi connectivity index (χ2n) is 4.54. The molecule has 0 aliphatic heterocycles. The van der Waals surface area contributed by atoms with Gasteiger partial charge in [-0.05, 0) is 43.3 Å². The highest BCUT2D eigenvalue weighted by molar-refractivity contribution is 5.84. The molecule has 0 radical (unpaired) electrons. The smallest absolute Gasteiger partial charge is 0.0630 e. The van der Waals surface area contributed by atoms with Crippen molar-refractivity contribution < 1.29 is 0 Å². The van der Waals surface area contributed by atoms with E-state index in [0.29, 0.717) is 0 Å². The molecule has 24 heavy (non-hydrogen) atoms. The van der Waals surface area contributed by atoms with Crippen LogP contribution in [-0.4, -0.2) is 17.4 Å². The highest BCUT2D eigenvalue weighted by Crippen LogP contribution is 2.09. The molecule has 0 aliphatic rings. The highest BCUT2D eigenvalue weighted by atomic mass is 14.8. The maximum Gasteiger partial charge on any atom is 0.0630 e. The molecule has 0 amide bonds. The summed E-state index contributed by atoms with van der Waals surface area (Å²) in [5.41, 5.74) is 3.59. The van der Waals surface area contributed by atoms with Gasteiger partial charge in [-0.25, -0.2) is 0 Å². The van der Waals surface area contributed by atoms with Gasteiger partial charge in [0.2, 0.25) is 0 Å². The number of para-hydroxylation sites is 1. The Bertz CT molecular complexity index is 717. The van der Waals surface area contributed by atoms with Crippen LogP contribution in [0.1, 0.15) is 32.2 Å². The summed E-state index contributed by atoms with van der Waals surface area (Å²) in [5.74, 6) is 0. The number of benzene rings is 1. The predicted octanol–water partition coefficient (Wildman–Crippen LogP) is 5.86. The number of nitrogens with one attached hydrogen (secondary N) is 1. The average Bonchev–Trinajstić information content (AvgIpc) is 3.11. The van der Waals surface area contributed by atoms with Crippen molar-refractivity contribution in [3.05, 3.63) is 90.4 Å². The Morgan fingerprint density at radius 1 is 1.00 bits per heavy atom. The van der Waals surface area contributed by atoms with Gasteiger partial charge in [-0.3, -0.25) is 9.98 Å². The molecule has 0 spiro atoms. The van der Waals surface area contributed by atoms with Gasteiger partial charge < -0.3 is 4.98 Å². The number of aliphatic imine (C=N–C) groups is 2. The Morgan fingerprint density at radius 2 is 1.67 bits per heavy atom. The highest BCUT2D eigenvalue weighted by Gasteiger charge is 1.94. The number of aromatic nitrogens is 1. The minimum Gasteiger partial charge on any atom is -0.353 e. The molecular formula is C21H25N3. The molecule has 2 aromatic rings. The molecule has 0 saturated carbocycles. The van der Waals surface area contributed by atoms with Crippen molar-refractivity contribution >= 4 is 18.1 Å².